The number of nitrogens with zero attached hydrogens (tertiary/aromatic N) is 2. The van der Waals surface area contributed by atoms with Crippen LogP contribution in [0.15, 0.2) is 0 Å². The molecule has 4 rings (SSSR count). The second kappa shape index (κ2) is 2.28. The molecule has 4 bridgehead atoms. The molecule has 15 heavy (non-hydrogen) atoms. The van der Waals surface area contributed by atoms with Gasteiger partial charge in [0.1, 0.15) is 5.78 Å². The Labute approximate surface area is 89.2 Å². The van der Waals surface area contributed by atoms with Crippen LogP contribution in [0.1, 0.15) is 13.8 Å². The highest BCUT2D eigenvalue weighted by atomic mass is 32.2. The van der Waals surface area contributed by atoms with E-state index in [2.05, 4.69) is 0 Å². The molecule has 0 aromatic heterocycles. The highest BCUT2D eigenvalue weighted by molar-refractivity contribution is 7.86. The van der Waals surface area contributed by atoms with Crippen molar-refractivity contribution >= 4 is 16.0 Å². The molecule has 4 fully saturated rings. The third-order valence-electron chi connectivity index (χ3n) is 3.85. The summed E-state index contributed by atoms with van der Waals surface area (Å²) in [7, 11) is -3.25. The largest absolute Gasteiger partial charge is 0.298 e. The first-order valence-corrected chi connectivity index (χ1v) is 6.48. The second-order valence-corrected chi connectivity index (χ2v) is 7.42. The Kier molecular flexibility index (Phi) is 1.48. The average molecular weight is 230 g/mol. The summed E-state index contributed by atoms with van der Waals surface area (Å²) in [6.07, 6.45) is 0. The van der Waals surface area contributed by atoms with Crippen molar-refractivity contribution in [2.24, 2.45) is 10.8 Å². The zero-order valence-electron chi connectivity index (χ0n) is 8.86. The molecule has 0 aromatic rings. The van der Waals surface area contributed by atoms with Crippen LogP contribution in [0.25, 0.3) is 0 Å². The summed E-state index contributed by atoms with van der Waals surface area (Å²) in [5.74, 6) is 0.234. The standard InChI is InChI=1S/C9H14N2O3S/c1-8-3-10-5-9(2,7(8)12)6-11(4-8)15(10,13)14/h3-6H2,1-2H3. The summed E-state index contributed by atoms with van der Waals surface area (Å²) in [4.78, 5) is 12.2. The fourth-order valence-corrected chi connectivity index (χ4v) is 5.39. The Balaban J connectivity index is 2.18. The van der Waals surface area contributed by atoms with Crippen LogP contribution in [0.3, 0.4) is 0 Å². The molecular weight excluding hydrogens is 216 g/mol. The molecule has 4 aliphatic rings. The Morgan fingerprint density at radius 3 is 1.67 bits per heavy atom. The van der Waals surface area contributed by atoms with Crippen molar-refractivity contribution in [3.8, 4) is 0 Å². The van der Waals surface area contributed by atoms with E-state index in [1.54, 1.807) is 0 Å². The Bertz CT molecular complexity index is 410. The van der Waals surface area contributed by atoms with Gasteiger partial charge in [-0.3, -0.25) is 4.79 Å². The molecule has 4 aliphatic heterocycles. The molecule has 0 aromatic carbocycles. The highest BCUT2D eigenvalue weighted by Gasteiger charge is 2.64. The predicted molar refractivity (Wildman–Crippen MR) is 53.3 cm³/mol. The van der Waals surface area contributed by atoms with E-state index >= 15 is 0 Å². The van der Waals surface area contributed by atoms with Gasteiger partial charge in [0.25, 0.3) is 10.2 Å². The van der Waals surface area contributed by atoms with Crippen molar-refractivity contribution in [3.63, 3.8) is 0 Å². The molecule has 0 aliphatic carbocycles. The van der Waals surface area contributed by atoms with Gasteiger partial charge in [-0.05, 0) is 0 Å². The third-order valence-corrected chi connectivity index (χ3v) is 5.67. The molecule has 6 heteroatoms. The molecular formula is C9H14N2O3S. The van der Waals surface area contributed by atoms with Gasteiger partial charge in [0.2, 0.25) is 0 Å². The lowest BCUT2D eigenvalue weighted by atomic mass is 9.65. The van der Waals surface area contributed by atoms with Crippen molar-refractivity contribution < 1.29 is 13.2 Å². The first-order chi connectivity index (χ1) is 6.78. The van der Waals surface area contributed by atoms with Crippen molar-refractivity contribution in [1.29, 1.82) is 0 Å². The van der Waals surface area contributed by atoms with Gasteiger partial charge in [-0.15, -0.1) is 0 Å². The number of rotatable bonds is 0. The first kappa shape index (κ1) is 9.74. The SMILES string of the molecule is CC12CN3CC(C)(CN(C1)S3(=O)=O)C2=O. The molecule has 0 radical (unpaired) electrons. The van der Waals surface area contributed by atoms with Gasteiger partial charge in [-0.25, -0.2) is 0 Å². The van der Waals surface area contributed by atoms with Gasteiger partial charge in [0, 0.05) is 26.2 Å². The summed E-state index contributed by atoms with van der Waals surface area (Å²) in [5.41, 5.74) is -0.979. The second-order valence-electron chi connectivity index (χ2n) is 5.49. The van der Waals surface area contributed by atoms with Crippen LogP contribution in [0.5, 0.6) is 0 Å². The van der Waals surface area contributed by atoms with Crippen LogP contribution in [-0.2, 0) is 15.0 Å². The molecule has 0 spiro atoms. The monoisotopic (exact) mass is 230 g/mol. The number of hydrogen-bond acceptors (Lipinski definition) is 3. The molecule has 0 unspecified atom stereocenters. The zero-order chi connectivity index (χ0) is 11.1. The number of Topliss-reactive ketones (excluding diaryl/α,β-unsaturated/α-hetero) is 1. The zero-order valence-corrected chi connectivity index (χ0v) is 9.67. The maximum absolute atomic E-state index is 12.2. The summed E-state index contributed by atoms with van der Waals surface area (Å²) >= 11 is 0. The summed E-state index contributed by atoms with van der Waals surface area (Å²) in [6, 6.07) is 0. The van der Waals surface area contributed by atoms with Gasteiger partial charge in [-0.2, -0.15) is 17.0 Å². The minimum atomic E-state index is -3.25. The quantitative estimate of drug-likeness (QED) is 0.561. The Morgan fingerprint density at radius 2 is 1.33 bits per heavy atom. The van der Waals surface area contributed by atoms with Crippen molar-refractivity contribution in [2.45, 2.75) is 13.8 Å². The molecule has 4 saturated heterocycles. The maximum Gasteiger partial charge on any atom is 0.282 e. The Morgan fingerprint density at radius 1 is 1.00 bits per heavy atom. The van der Waals surface area contributed by atoms with Crippen LogP contribution in [0.4, 0.5) is 0 Å². The van der Waals surface area contributed by atoms with Crippen LogP contribution in [0.2, 0.25) is 0 Å². The van der Waals surface area contributed by atoms with E-state index in [0.29, 0.717) is 26.2 Å². The summed E-state index contributed by atoms with van der Waals surface area (Å²) in [6.45, 7) is 5.20. The number of piperidine rings is 2. The first-order valence-electron chi connectivity index (χ1n) is 5.08. The average Bonchev–Trinajstić information content (AvgIpc) is 2.08. The summed E-state index contributed by atoms with van der Waals surface area (Å²) < 4.78 is 26.7. The van der Waals surface area contributed by atoms with E-state index in [9.17, 15) is 13.2 Å². The molecule has 0 saturated carbocycles. The third kappa shape index (κ3) is 0.951. The minimum absolute atomic E-state index is 0.234. The van der Waals surface area contributed by atoms with Crippen LogP contribution >= 0.6 is 0 Å². The lowest BCUT2D eigenvalue weighted by molar-refractivity contribution is -0.153. The molecule has 0 amide bonds. The van der Waals surface area contributed by atoms with E-state index in [4.69, 9.17) is 0 Å². The lowest BCUT2D eigenvalue weighted by Gasteiger charge is -2.59. The number of ketones is 1. The van der Waals surface area contributed by atoms with E-state index in [1.165, 1.54) is 8.61 Å². The number of hydrogen-bond donors (Lipinski definition) is 0. The van der Waals surface area contributed by atoms with Gasteiger partial charge >= 0.3 is 0 Å². The van der Waals surface area contributed by atoms with Crippen LogP contribution < -0.4 is 0 Å². The fraction of sp³-hybridized carbons (Fsp3) is 0.889. The highest BCUT2D eigenvalue weighted by Crippen LogP contribution is 2.48. The maximum atomic E-state index is 12.2. The summed E-state index contributed by atoms with van der Waals surface area (Å²) in [5, 5.41) is 0. The lowest BCUT2D eigenvalue weighted by Crippen LogP contribution is -2.76. The van der Waals surface area contributed by atoms with Gasteiger partial charge in [0.05, 0.1) is 10.8 Å². The van der Waals surface area contributed by atoms with Gasteiger partial charge in [-0.1, -0.05) is 13.8 Å². The normalized spacial score (nSPS) is 56.0. The Hall–Kier alpha value is -0.460. The molecule has 5 nitrogen and oxygen atoms in total. The predicted octanol–water partition coefficient (Wildman–Crippen LogP) is -0.542. The van der Waals surface area contributed by atoms with E-state index < -0.39 is 21.0 Å². The topological polar surface area (TPSA) is 57.7 Å². The smallest absolute Gasteiger partial charge is 0.282 e. The number of carbonyl (C=O) groups excluding carboxylic acids is 1. The van der Waals surface area contributed by atoms with Crippen molar-refractivity contribution in [1.82, 2.24) is 8.61 Å². The van der Waals surface area contributed by atoms with Crippen LogP contribution in [0, 0.1) is 10.8 Å². The molecule has 4 heterocycles. The molecule has 0 atom stereocenters. The van der Waals surface area contributed by atoms with Gasteiger partial charge < -0.3 is 0 Å². The minimum Gasteiger partial charge on any atom is -0.298 e. The number of carbonyl (C=O) groups is 1. The van der Waals surface area contributed by atoms with Crippen molar-refractivity contribution in [2.75, 3.05) is 26.2 Å². The van der Waals surface area contributed by atoms with Gasteiger partial charge in [0.15, 0.2) is 0 Å². The molecule has 84 valence electrons. The fourth-order valence-electron chi connectivity index (χ4n) is 3.27. The van der Waals surface area contributed by atoms with Crippen LogP contribution in [-0.4, -0.2) is 49.0 Å². The van der Waals surface area contributed by atoms with E-state index in [1.807, 2.05) is 13.8 Å². The van der Waals surface area contributed by atoms with E-state index in [-0.39, 0.29) is 5.78 Å². The molecule has 0 N–H and O–H groups in total. The van der Waals surface area contributed by atoms with Crippen molar-refractivity contribution in [3.05, 3.63) is 0 Å². The van der Waals surface area contributed by atoms with E-state index in [0.717, 1.165) is 0 Å².